The van der Waals surface area contributed by atoms with E-state index in [1.54, 1.807) is 31.4 Å². The fraction of sp³-hybridized carbons (Fsp3) is 0.440. The molecular weight excluding hydrogens is 438 g/mol. The number of aliphatic hydroxyl groups is 1. The van der Waals surface area contributed by atoms with Gasteiger partial charge in [-0.3, -0.25) is 14.5 Å². The van der Waals surface area contributed by atoms with E-state index >= 15 is 0 Å². The Labute approximate surface area is 197 Å². The zero-order valence-corrected chi connectivity index (χ0v) is 20.7. The molecule has 180 valence electrons. The molecule has 2 atom stereocenters. The number of hydrogen-bond donors (Lipinski definition) is 3. The van der Waals surface area contributed by atoms with Crippen molar-refractivity contribution in [3.63, 3.8) is 0 Å². The molecule has 0 aromatic heterocycles. The van der Waals surface area contributed by atoms with Gasteiger partial charge in [0.2, 0.25) is 5.91 Å². The Bertz CT molecular complexity index is 942. The molecule has 0 spiro atoms. The Morgan fingerprint density at radius 3 is 2.36 bits per heavy atom. The summed E-state index contributed by atoms with van der Waals surface area (Å²) in [4.78, 5) is 29.2. The van der Waals surface area contributed by atoms with Gasteiger partial charge in [-0.15, -0.1) is 0 Å². The third kappa shape index (κ3) is 7.22. The Balaban J connectivity index is 1.74. The van der Waals surface area contributed by atoms with Crippen molar-refractivity contribution in [2.24, 2.45) is 0 Å². The molecule has 3 rings (SSSR count). The van der Waals surface area contributed by atoms with Gasteiger partial charge in [-0.25, -0.2) is 10.0 Å². The molecule has 7 nitrogen and oxygen atoms in total. The summed E-state index contributed by atoms with van der Waals surface area (Å²) in [6.45, 7) is 1.36. The highest BCUT2D eigenvalue weighted by atomic mass is 32.3. The second-order valence-electron chi connectivity index (χ2n) is 9.16. The van der Waals surface area contributed by atoms with Gasteiger partial charge in [0.25, 0.3) is 5.91 Å². The molecule has 1 heterocycles. The van der Waals surface area contributed by atoms with Crippen LogP contribution in [0.2, 0.25) is 0 Å². The number of nitrogens with zero attached hydrogens (tertiary/aromatic N) is 1. The maximum atomic E-state index is 13.2. The first-order valence-electron chi connectivity index (χ1n) is 11.1. The van der Waals surface area contributed by atoms with E-state index in [1.807, 2.05) is 29.2 Å². The SMILES string of the molecule is COc1ccc(C(NC(=O)CN2CCCC(O)C2)C(=O)Nc2ccc(S(C)(C)C)cc2)cc1. The van der Waals surface area contributed by atoms with E-state index in [0.29, 0.717) is 23.5 Å². The van der Waals surface area contributed by atoms with Crippen LogP contribution in [-0.2, 0) is 9.59 Å². The van der Waals surface area contributed by atoms with E-state index in [9.17, 15) is 14.7 Å². The average molecular weight is 474 g/mol. The van der Waals surface area contributed by atoms with Crippen LogP contribution in [0.1, 0.15) is 24.4 Å². The first-order valence-corrected chi connectivity index (χ1v) is 13.9. The van der Waals surface area contributed by atoms with Crippen LogP contribution in [0.5, 0.6) is 5.75 Å². The first-order chi connectivity index (χ1) is 15.7. The number of anilines is 1. The molecule has 1 aliphatic rings. The normalized spacial score (nSPS) is 18.3. The Kier molecular flexibility index (Phi) is 8.40. The number of likely N-dealkylation sites (tertiary alicyclic amines) is 1. The maximum Gasteiger partial charge on any atom is 0.251 e. The van der Waals surface area contributed by atoms with Crippen LogP contribution >= 0.6 is 10.0 Å². The number of carbonyl (C=O) groups is 2. The minimum absolute atomic E-state index is 0.139. The highest BCUT2D eigenvalue weighted by Gasteiger charge is 2.26. The van der Waals surface area contributed by atoms with Crippen molar-refractivity contribution in [1.82, 2.24) is 10.2 Å². The van der Waals surface area contributed by atoms with Crippen molar-refractivity contribution in [3.05, 3.63) is 54.1 Å². The van der Waals surface area contributed by atoms with Crippen LogP contribution in [0.25, 0.3) is 0 Å². The molecular formula is C25H35N3O4S. The molecule has 0 radical (unpaired) electrons. The monoisotopic (exact) mass is 473 g/mol. The molecule has 2 aromatic rings. The summed E-state index contributed by atoms with van der Waals surface area (Å²) in [5.41, 5.74) is 1.34. The van der Waals surface area contributed by atoms with E-state index in [-0.39, 0.29) is 18.4 Å². The molecule has 0 bridgehead atoms. The molecule has 2 aromatic carbocycles. The molecule has 8 heteroatoms. The van der Waals surface area contributed by atoms with Crippen molar-refractivity contribution in [2.75, 3.05) is 50.8 Å². The van der Waals surface area contributed by atoms with Crippen molar-refractivity contribution in [3.8, 4) is 5.75 Å². The highest BCUT2D eigenvalue weighted by molar-refractivity contribution is 8.32. The van der Waals surface area contributed by atoms with Crippen molar-refractivity contribution in [1.29, 1.82) is 0 Å². The number of nitrogens with one attached hydrogen (secondary N) is 2. The summed E-state index contributed by atoms with van der Waals surface area (Å²) in [6, 6.07) is 14.1. The number of carbonyl (C=O) groups excluding carboxylic acids is 2. The van der Waals surface area contributed by atoms with Crippen molar-refractivity contribution in [2.45, 2.75) is 29.9 Å². The minimum Gasteiger partial charge on any atom is -0.497 e. The predicted molar refractivity (Wildman–Crippen MR) is 134 cm³/mol. The van der Waals surface area contributed by atoms with Crippen molar-refractivity contribution < 1.29 is 19.4 Å². The molecule has 0 aliphatic carbocycles. The number of ether oxygens (including phenoxy) is 1. The summed E-state index contributed by atoms with van der Waals surface area (Å²) < 4.78 is 5.22. The quantitative estimate of drug-likeness (QED) is 0.548. The first kappa shape index (κ1) is 25.1. The zero-order chi connectivity index (χ0) is 24.0. The predicted octanol–water partition coefficient (Wildman–Crippen LogP) is 3.00. The van der Waals surface area contributed by atoms with Gasteiger partial charge >= 0.3 is 0 Å². The van der Waals surface area contributed by atoms with Gasteiger partial charge in [-0.2, -0.15) is 0 Å². The van der Waals surface area contributed by atoms with Gasteiger partial charge in [0.15, 0.2) is 0 Å². The number of amides is 2. The fourth-order valence-corrected chi connectivity index (χ4v) is 4.79. The lowest BCUT2D eigenvalue weighted by Crippen LogP contribution is -2.46. The molecule has 3 N–H and O–H groups in total. The lowest BCUT2D eigenvalue weighted by Gasteiger charge is -2.30. The highest BCUT2D eigenvalue weighted by Crippen LogP contribution is 2.45. The molecule has 2 unspecified atom stereocenters. The summed E-state index contributed by atoms with van der Waals surface area (Å²) >= 11 is 0. The number of aliphatic hydroxyl groups excluding tert-OH is 1. The molecule has 1 fully saturated rings. The maximum absolute atomic E-state index is 13.2. The number of methoxy groups -OCH3 is 1. The van der Waals surface area contributed by atoms with Crippen LogP contribution in [0.15, 0.2) is 53.4 Å². The summed E-state index contributed by atoms with van der Waals surface area (Å²) in [7, 11) is 0.728. The van der Waals surface area contributed by atoms with Gasteiger partial charge in [0, 0.05) is 12.2 Å². The Hall–Kier alpha value is -2.55. The lowest BCUT2D eigenvalue weighted by atomic mass is 10.1. The molecule has 1 saturated heterocycles. The zero-order valence-electron chi connectivity index (χ0n) is 19.8. The number of piperidine rings is 1. The number of benzene rings is 2. The van der Waals surface area contributed by atoms with Crippen LogP contribution in [-0.4, -0.2) is 73.4 Å². The molecule has 2 amide bonds. The third-order valence-corrected chi connectivity index (χ3v) is 7.38. The van der Waals surface area contributed by atoms with Gasteiger partial charge in [0.1, 0.15) is 11.8 Å². The van der Waals surface area contributed by atoms with E-state index in [4.69, 9.17) is 4.74 Å². The second-order valence-corrected chi connectivity index (χ2v) is 13.3. The number of β-amino-alcohol motifs (C(OH)–C–C–N with tert-alkyl or cyclic N) is 1. The smallest absolute Gasteiger partial charge is 0.251 e. The fourth-order valence-electron chi connectivity index (χ4n) is 3.84. The van der Waals surface area contributed by atoms with Gasteiger partial charge in [-0.1, -0.05) is 12.1 Å². The minimum atomic E-state index is -0.856. The lowest BCUT2D eigenvalue weighted by molar-refractivity contribution is -0.127. The molecule has 33 heavy (non-hydrogen) atoms. The standard InChI is InChI=1S/C25H35N3O4S/c1-32-21-11-7-18(8-12-21)24(27-23(30)17-28-15-5-6-20(29)16-28)25(31)26-19-9-13-22(14-10-19)33(2,3)4/h7-14,20,24,29H,5-6,15-17H2,1-4H3,(H,26,31)(H,27,30). The van der Waals surface area contributed by atoms with Crippen molar-refractivity contribution >= 4 is 27.5 Å². The second kappa shape index (κ2) is 11.0. The van der Waals surface area contributed by atoms with E-state index in [2.05, 4.69) is 29.4 Å². The molecule has 0 saturated carbocycles. The summed E-state index contributed by atoms with van der Waals surface area (Å²) in [5, 5.41) is 15.7. The topological polar surface area (TPSA) is 90.9 Å². The van der Waals surface area contributed by atoms with Crippen LogP contribution in [0.3, 0.4) is 0 Å². The average Bonchev–Trinajstić information content (AvgIpc) is 2.77. The Morgan fingerprint density at radius 1 is 1.12 bits per heavy atom. The van der Waals surface area contributed by atoms with Crippen LogP contribution in [0, 0.1) is 0 Å². The van der Waals surface area contributed by atoms with E-state index < -0.39 is 22.2 Å². The number of hydrogen-bond acceptors (Lipinski definition) is 5. The Morgan fingerprint density at radius 2 is 1.79 bits per heavy atom. The molecule has 1 aliphatic heterocycles. The largest absolute Gasteiger partial charge is 0.497 e. The van der Waals surface area contributed by atoms with Crippen LogP contribution < -0.4 is 15.4 Å². The van der Waals surface area contributed by atoms with Gasteiger partial charge in [0.05, 0.1) is 19.8 Å². The summed E-state index contributed by atoms with van der Waals surface area (Å²) in [6.07, 6.45) is 7.85. The van der Waals surface area contributed by atoms with E-state index in [0.717, 1.165) is 19.4 Å². The van der Waals surface area contributed by atoms with E-state index in [1.165, 1.54) is 4.90 Å². The number of rotatable bonds is 8. The third-order valence-electron chi connectivity index (χ3n) is 5.69. The van der Waals surface area contributed by atoms with Crippen LogP contribution in [0.4, 0.5) is 5.69 Å². The van der Waals surface area contributed by atoms with Gasteiger partial charge in [-0.05, 0) is 85.0 Å². The van der Waals surface area contributed by atoms with Gasteiger partial charge < -0.3 is 20.5 Å². The summed E-state index contributed by atoms with van der Waals surface area (Å²) in [5.74, 6) is 0.0987.